The van der Waals surface area contributed by atoms with Crippen molar-refractivity contribution in [2.45, 2.75) is 44.9 Å². The number of amides is 1. The van der Waals surface area contributed by atoms with Crippen molar-refractivity contribution in [2.75, 3.05) is 18.0 Å². The van der Waals surface area contributed by atoms with Gasteiger partial charge in [0.15, 0.2) is 0 Å². The normalized spacial score (nSPS) is 20.8. The van der Waals surface area contributed by atoms with E-state index in [1.165, 1.54) is 56.7 Å². The van der Waals surface area contributed by atoms with Crippen LogP contribution in [0.1, 0.15) is 50.5 Å². The SMILES string of the molecule is O=C(/C=C/c1ccccc1N1CCC2(CCCCC2)CC1)NO. The molecule has 124 valence electrons. The molecule has 1 saturated heterocycles. The van der Waals surface area contributed by atoms with Crippen molar-refractivity contribution >= 4 is 17.7 Å². The van der Waals surface area contributed by atoms with E-state index >= 15 is 0 Å². The Labute approximate surface area is 138 Å². The van der Waals surface area contributed by atoms with Crippen LogP contribution in [0, 0.1) is 5.41 Å². The van der Waals surface area contributed by atoms with Gasteiger partial charge in [0, 0.05) is 24.9 Å². The average molecular weight is 314 g/mol. The van der Waals surface area contributed by atoms with Gasteiger partial charge in [-0.3, -0.25) is 10.0 Å². The second-order valence-corrected chi connectivity index (χ2v) is 6.92. The van der Waals surface area contributed by atoms with Crippen molar-refractivity contribution in [2.24, 2.45) is 5.41 Å². The number of anilines is 1. The molecule has 1 aliphatic heterocycles. The lowest BCUT2D eigenvalue weighted by molar-refractivity contribution is -0.124. The highest BCUT2D eigenvalue weighted by molar-refractivity contribution is 5.91. The van der Waals surface area contributed by atoms with Crippen LogP contribution in [0.3, 0.4) is 0 Å². The molecule has 2 aliphatic rings. The molecule has 0 unspecified atom stereocenters. The Hall–Kier alpha value is -1.81. The van der Waals surface area contributed by atoms with Gasteiger partial charge in [0.1, 0.15) is 0 Å². The van der Waals surface area contributed by atoms with Gasteiger partial charge in [-0.1, -0.05) is 37.5 Å². The number of piperidine rings is 1. The molecule has 2 N–H and O–H groups in total. The summed E-state index contributed by atoms with van der Waals surface area (Å²) in [6.07, 6.45) is 12.7. The van der Waals surface area contributed by atoms with Gasteiger partial charge in [0.05, 0.1) is 0 Å². The van der Waals surface area contributed by atoms with Crippen molar-refractivity contribution in [3.05, 3.63) is 35.9 Å². The Morgan fingerprint density at radius 3 is 2.48 bits per heavy atom. The van der Waals surface area contributed by atoms with Crippen molar-refractivity contribution in [3.8, 4) is 0 Å². The van der Waals surface area contributed by atoms with E-state index in [1.54, 1.807) is 11.6 Å². The van der Waals surface area contributed by atoms with Crippen molar-refractivity contribution in [1.82, 2.24) is 5.48 Å². The summed E-state index contributed by atoms with van der Waals surface area (Å²) in [6, 6.07) is 8.16. The van der Waals surface area contributed by atoms with Gasteiger partial charge in [-0.15, -0.1) is 0 Å². The zero-order valence-electron chi connectivity index (χ0n) is 13.6. The molecule has 23 heavy (non-hydrogen) atoms. The topological polar surface area (TPSA) is 52.6 Å². The lowest BCUT2D eigenvalue weighted by atomic mass is 9.68. The molecule has 4 heteroatoms. The highest BCUT2D eigenvalue weighted by atomic mass is 16.5. The monoisotopic (exact) mass is 314 g/mol. The van der Waals surface area contributed by atoms with E-state index in [0.29, 0.717) is 5.41 Å². The first kappa shape index (κ1) is 16.1. The summed E-state index contributed by atoms with van der Waals surface area (Å²) in [5.41, 5.74) is 4.43. The molecule has 1 aromatic carbocycles. The van der Waals surface area contributed by atoms with Crippen LogP contribution in [0.2, 0.25) is 0 Å². The summed E-state index contributed by atoms with van der Waals surface area (Å²) in [5, 5.41) is 8.61. The third-order valence-corrected chi connectivity index (χ3v) is 5.54. The first-order valence-electron chi connectivity index (χ1n) is 8.69. The lowest BCUT2D eigenvalue weighted by Gasteiger charge is -2.45. The minimum absolute atomic E-state index is 0.500. The molecule has 1 saturated carbocycles. The predicted octanol–water partition coefficient (Wildman–Crippen LogP) is 3.76. The average Bonchev–Trinajstić information content (AvgIpc) is 2.61. The van der Waals surface area contributed by atoms with Crippen LogP contribution in [0.15, 0.2) is 30.3 Å². The molecular weight excluding hydrogens is 288 g/mol. The number of para-hydroxylation sites is 1. The zero-order valence-corrected chi connectivity index (χ0v) is 13.6. The molecule has 0 radical (unpaired) electrons. The first-order chi connectivity index (χ1) is 11.2. The Morgan fingerprint density at radius 1 is 1.09 bits per heavy atom. The van der Waals surface area contributed by atoms with E-state index in [-0.39, 0.29) is 0 Å². The highest BCUT2D eigenvalue weighted by Crippen LogP contribution is 2.45. The summed E-state index contributed by atoms with van der Waals surface area (Å²) < 4.78 is 0. The lowest BCUT2D eigenvalue weighted by Crippen LogP contribution is -2.41. The minimum Gasteiger partial charge on any atom is -0.371 e. The second kappa shape index (κ2) is 7.18. The molecule has 1 spiro atoms. The van der Waals surface area contributed by atoms with Gasteiger partial charge >= 0.3 is 0 Å². The Balaban J connectivity index is 1.70. The molecule has 1 amide bonds. The van der Waals surface area contributed by atoms with Crippen LogP contribution in [0.5, 0.6) is 0 Å². The second-order valence-electron chi connectivity index (χ2n) is 6.92. The summed E-state index contributed by atoms with van der Waals surface area (Å²) in [7, 11) is 0. The molecule has 0 bridgehead atoms. The summed E-state index contributed by atoms with van der Waals surface area (Å²) in [5.74, 6) is -0.500. The number of hydrogen-bond donors (Lipinski definition) is 2. The van der Waals surface area contributed by atoms with Gasteiger partial charge in [0.25, 0.3) is 5.91 Å². The standard InChI is InChI=1S/C19H26N2O2/c22-18(20-23)9-8-16-6-2-3-7-17(16)21-14-12-19(13-15-21)10-4-1-5-11-19/h2-3,6-9,23H,1,4-5,10-15H2,(H,20,22)/b9-8+. The predicted molar refractivity (Wildman–Crippen MR) is 92.4 cm³/mol. The number of hydrogen-bond acceptors (Lipinski definition) is 3. The summed E-state index contributed by atoms with van der Waals surface area (Å²) in [6.45, 7) is 2.19. The fraction of sp³-hybridized carbons (Fsp3) is 0.526. The number of carbonyl (C=O) groups is 1. The number of benzene rings is 1. The van der Waals surface area contributed by atoms with E-state index in [9.17, 15) is 4.79 Å². The fourth-order valence-corrected chi connectivity index (χ4v) is 4.14. The van der Waals surface area contributed by atoms with E-state index in [0.717, 1.165) is 18.7 Å². The van der Waals surface area contributed by atoms with E-state index in [1.807, 2.05) is 18.2 Å². The molecule has 0 atom stereocenters. The first-order valence-corrected chi connectivity index (χ1v) is 8.69. The third-order valence-electron chi connectivity index (χ3n) is 5.54. The van der Waals surface area contributed by atoms with Gasteiger partial charge in [-0.25, -0.2) is 5.48 Å². The summed E-state index contributed by atoms with van der Waals surface area (Å²) in [4.78, 5) is 13.7. The third kappa shape index (κ3) is 3.75. The fourth-order valence-electron chi connectivity index (χ4n) is 4.14. The van der Waals surface area contributed by atoms with Crippen LogP contribution >= 0.6 is 0 Å². The van der Waals surface area contributed by atoms with Crippen LogP contribution in [-0.4, -0.2) is 24.2 Å². The van der Waals surface area contributed by atoms with Gasteiger partial charge in [-0.05, 0) is 48.8 Å². The van der Waals surface area contributed by atoms with Gasteiger partial charge in [0.2, 0.25) is 0 Å². The van der Waals surface area contributed by atoms with Gasteiger partial charge < -0.3 is 4.90 Å². The van der Waals surface area contributed by atoms with E-state index in [4.69, 9.17) is 5.21 Å². The maximum atomic E-state index is 11.2. The Morgan fingerprint density at radius 2 is 1.78 bits per heavy atom. The molecule has 1 heterocycles. The van der Waals surface area contributed by atoms with E-state index in [2.05, 4.69) is 11.0 Å². The maximum absolute atomic E-state index is 11.2. The van der Waals surface area contributed by atoms with Crippen LogP contribution in [0.4, 0.5) is 5.69 Å². The van der Waals surface area contributed by atoms with E-state index < -0.39 is 5.91 Å². The summed E-state index contributed by atoms with van der Waals surface area (Å²) >= 11 is 0. The molecule has 2 fully saturated rings. The van der Waals surface area contributed by atoms with Crippen LogP contribution in [-0.2, 0) is 4.79 Å². The molecule has 4 nitrogen and oxygen atoms in total. The van der Waals surface area contributed by atoms with Crippen molar-refractivity contribution < 1.29 is 10.0 Å². The highest BCUT2D eigenvalue weighted by Gasteiger charge is 2.35. The van der Waals surface area contributed by atoms with Gasteiger partial charge in [-0.2, -0.15) is 0 Å². The molecule has 0 aromatic heterocycles. The largest absolute Gasteiger partial charge is 0.371 e. The van der Waals surface area contributed by atoms with Crippen molar-refractivity contribution in [1.29, 1.82) is 0 Å². The number of rotatable bonds is 3. The minimum atomic E-state index is -0.500. The quantitative estimate of drug-likeness (QED) is 0.507. The number of hydroxylamine groups is 1. The zero-order chi connectivity index (χ0) is 16.1. The Bertz CT molecular complexity index is 566. The molecule has 3 rings (SSSR count). The van der Waals surface area contributed by atoms with Crippen LogP contribution < -0.4 is 10.4 Å². The number of carbonyl (C=O) groups excluding carboxylic acids is 1. The molecule has 1 aliphatic carbocycles. The maximum Gasteiger partial charge on any atom is 0.267 e. The Kier molecular flexibility index (Phi) is 5.01. The van der Waals surface area contributed by atoms with Crippen molar-refractivity contribution in [3.63, 3.8) is 0 Å². The molecule has 1 aromatic rings. The number of nitrogens with zero attached hydrogens (tertiary/aromatic N) is 1. The molecular formula is C19H26N2O2. The smallest absolute Gasteiger partial charge is 0.267 e. The number of nitrogens with one attached hydrogen (secondary N) is 1. The van der Waals surface area contributed by atoms with Crippen LogP contribution in [0.25, 0.3) is 6.08 Å².